The van der Waals surface area contributed by atoms with Gasteiger partial charge < -0.3 is 10.4 Å². The molecule has 1 aromatic carbocycles. The first-order valence-electron chi connectivity index (χ1n) is 6.86. The van der Waals surface area contributed by atoms with Crippen LogP contribution in [0.15, 0.2) is 18.2 Å². The SMILES string of the molecule is O=C(NC1CCC(C(=O)O)CC1)c1ccc(Cl)cc1[N+](=O)[O-]. The Hall–Kier alpha value is -2.15. The smallest absolute Gasteiger partial charge is 0.306 e. The number of carboxylic acids is 1. The van der Waals surface area contributed by atoms with Gasteiger partial charge in [-0.05, 0) is 37.8 Å². The van der Waals surface area contributed by atoms with Gasteiger partial charge in [-0.25, -0.2) is 0 Å². The molecule has 0 radical (unpaired) electrons. The molecule has 0 aliphatic heterocycles. The topological polar surface area (TPSA) is 110 Å². The lowest BCUT2D eigenvalue weighted by Gasteiger charge is -2.26. The molecule has 1 fully saturated rings. The van der Waals surface area contributed by atoms with E-state index >= 15 is 0 Å². The van der Waals surface area contributed by atoms with E-state index in [4.69, 9.17) is 16.7 Å². The summed E-state index contributed by atoms with van der Waals surface area (Å²) < 4.78 is 0. The summed E-state index contributed by atoms with van der Waals surface area (Å²) in [4.78, 5) is 33.4. The molecule has 0 spiro atoms. The zero-order valence-electron chi connectivity index (χ0n) is 11.6. The highest BCUT2D eigenvalue weighted by molar-refractivity contribution is 6.31. The van der Waals surface area contributed by atoms with Crippen LogP contribution in [0.3, 0.4) is 0 Å². The summed E-state index contributed by atoms with van der Waals surface area (Å²) in [5.41, 5.74) is -0.390. The van der Waals surface area contributed by atoms with Crippen LogP contribution in [-0.2, 0) is 4.79 Å². The number of hydrogen-bond donors (Lipinski definition) is 2. The van der Waals surface area contributed by atoms with Crippen LogP contribution >= 0.6 is 11.6 Å². The number of hydrogen-bond acceptors (Lipinski definition) is 4. The fourth-order valence-electron chi connectivity index (χ4n) is 2.60. The predicted molar refractivity (Wildman–Crippen MR) is 79.0 cm³/mol. The van der Waals surface area contributed by atoms with Crippen molar-refractivity contribution in [3.8, 4) is 0 Å². The Balaban J connectivity index is 2.05. The van der Waals surface area contributed by atoms with Crippen molar-refractivity contribution < 1.29 is 19.6 Å². The number of benzene rings is 1. The number of halogens is 1. The maximum absolute atomic E-state index is 12.2. The van der Waals surface area contributed by atoms with Crippen molar-refractivity contribution in [3.63, 3.8) is 0 Å². The molecule has 0 saturated heterocycles. The number of nitro groups is 1. The van der Waals surface area contributed by atoms with Gasteiger partial charge in [0.15, 0.2) is 0 Å². The zero-order valence-corrected chi connectivity index (χ0v) is 12.4. The minimum atomic E-state index is -0.821. The van der Waals surface area contributed by atoms with Crippen molar-refractivity contribution in [1.82, 2.24) is 5.32 Å². The Labute approximate surface area is 131 Å². The molecule has 0 unspecified atom stereocenters. The van der Waals surface area contributed by atoms with Crippen molar-refractivity contribution in [2.75, 3.05) is 0 Å². The molecule has 1 aliphatic carbocycles. The van der Waals surface area contributed by atoms with Gasteiger partial charge >= 0.3 is 5.97 Å². The monoisotopic (exact) mass is 326 g/mol. The Morgan fingerprint density at radius 1 is 1.27 bits per heavy atom. The van der Waals surface area contributed by atoms with Crippen LogP contribution < -0.4 is 5.32 Å². The van der Waals surface area contributed by atoms with E-state index in [0.29, 0.717) is 25.7 Å². The van der Waals surface area contributed by atoms with Crippen LogP contribution in [0, 0.1) is 16.0 Å². The van der Waals surface area contributed by atoms with Crippen molar-refractivity contribution in [3.05, 3.63) is 38.9 Å². The molecule has 22 heavy (non-hydrogen) atoms. The third-order valence-electron chi connectivity index (χ3n) is 3.81. The molecule has 1 aromatic rings. The lowest BCUT2D eigenvalue weighted by atomic mass is 9.86. The first-order chi connectivity index (χ1) is 10.4. The summed E-state index contributed by atoms with van der Waals surface area (Å²) in [7, 11) is 0. The summed E-state index contributed by atoms with van der Waals surface area (Å²) in [5, 5.41) is 22.8. The maximum Gasteiger partial charge on any atom is 0.306 e. The molecule has 8 heteroatoms. The summed E-state index contributed by atoms with van der Waals surface area (Å²) >= 11 is 5.71. The summed E-state index contributed by atoms with van der Waals surface area (Å²) in [5.74, 6) is -1.74. The maximum atomic E-state index is 12.2. The Bertz CT molecular complexity index is 611. The zero-order chi connectivity index (χ0) is 16.3. The molecule has 1 saturated carbocycles. The highest BCUT2D eigenvalue weighted by atomic mass is 35.5. The first-order valence-corrected chi connectivity index (χ1v) is 7.24. The Morgan fingerprint density at radius 3 is 2.45 bits per heavy atom. The van der Waals surface area contributed by atoms with Crippen molar-refractivity contribution in [2.45, 2.75) is 31.7 Å². The second-order valence-electron chi connectivity index (χ2n) is 5.28. The van der Waals surface area contributed by atoms with Gasteiger partial charge in [-0.15, -0.1) is 0 Å². The van der Waals surface area contributed by atoms with E-state index in [1.807, 2.05) is 0 Å². The van der Waals surface area contributed by atoms with Crippen LogP contribution in [0.4, 0.5) is 5.69 Å². The summed E-state index contributed by atoms with van der Waals surface area (Å²) in [6.45, 7) is 0. The number of aliphatic carboxylic acids is 1. The van der Waals surface area contributed by atoms with Crippen molar-refractivity contribution in [1.29, 1.82) is 0 Å². The highest BCUT2D eigenvalue weighted by Gasteiger charge is 2.28. The van der Waals surface area contributed by atoms with E-state index in [1.54, 1.807) is 0 Å². The van der Waals surface area contributed by atoms with Crippen LogP contribution in [0.25, 0.3) is 0 Å². The largest absolute Gasteiger partial charge is 0.481 e. The molecular formula is C14H15ClN2O5. The Morgan fingerprint density at radius 2 is 1.91 bits per heavy atom. The molecule has 0 heterocycles. The molecular weight excluding hydrogens is 312 g/mol. The van der Waals surface area contributed by atoms with Crippen LogP contribution in [-0.4, -0.2) is 27.9 Å². The third kappa shape index (κ3) is 3.73. The molecule has 118 valence electrons. The van der Waals surface area contributed by atoms with E-state index in [1.165, 1.54) is 12.1 Å². The normalized spacial score (nSPS) is 21.1. The lowest BCUT2D eigenvalue weighted by molar-refractivity contribution is -0.385. The molecule has 0 atom stereocenters. The average molecular weight is 327 g/mol. The Kier molecular flexibility index (Phi) is 4.97. The predicted octanol–water partition coefficient (Wildman–Crippen LogP) is 2.62. The van der Waals surface area contributed by atoms with E-state index in [0.717, 1.165) is 6.07 Å². The third-order valence-corrected chi connectivity index (χ3v) is 4.05. The molecule has 7 nitrogen and oxygen atoms in total. The fourth-order valence-corrected chi connectivity index (χ4v) is 2.76. The highest BCUT2D eigenvalue weighted by Crippen LogP contribution is 2.26. The van der Waals surface area contributed by atoms with Crippen LogP contribution in [0.1, 0.15) is 36.0 Å². The van der Waals surface area contributed by atoms with Gasteiger partial charge in [-0.1, -0.05) is 11.6 Å². The number of nitrogens with zero attached hydrogens (tertiary/aromatic N) is 1. The minimum Gasteiger partial charge on any atom is -0.481 e. The number of rotatable bonds is 4. The first kappa shape index (κ1) is 16.2. The van der Waals surface area contributed by atoms with Gasteiger partial charge in [0.05, 0.1) is 10.8 Å². The number of amides is 1. The summed E-state index contributed by atoms with van der Waals surface area (Å²) in [6.07, 6.45) is 2.07. The van der Waals surface area contributed by atoms with Crippen molar-refractivity contribution in [2.24, 2.45) is 5.92 Å². The number of nitro benzene ring substituents is 1. The average Bonchev–Trinajstić information content (AvgIpc) is 2.47. The quantitative estimate of drug-likeness (QED) is 0.653. The second kappa shape index (κ2) is 6.74. The molecule has 1 aliphatic rings. The van der Waals surface area contributed by atoms with Gasteiger partial charge in [0.25, 0.3) is 11.6 Å². The van der Waals surface area contributed by atoms with Crippen LogP contribution in [0.5, 0.6) is 0 Å². The molecule has 2 rings (SSSR count). The summed E-state index contributed by atoms with van der Waals surface area (Å²) in [6, 6.07) is 3.71. The second-order valence-corrected chi connectivity index (χ2v) is 5.72. The van der Waals surface area contributed by atoms with Gasteiger partial charge in [-0.2, -0.15) is 0 Å². The van der Waals surface area contributed by atoms with Gasteiger partial charge in [0, 0.05) is 17.1 Å². The van der Waals surface area contributed by atoms with E-state index in [2.05, 4.69) is 5.32 Å². The number of carbonyl (C=O) groups is 2. The number of carboxylic acid groups (broad SMARTS) is 1. The van der Waals surface area contributed by atoms with Crippen LogP contribution in [0.2, 0.25) is 5.02 Å². The van der Waals surface area contributed by atoms with Gasteiger partial charge in [-0.3, -0.25) is 19.7 Å². The van der Waals surface area contributed by atoms with E-state index in [9.17, 15) is 19.7 Å². The van der Waals surface area contributed by atoms with E-state index in [-0.39, 0.29) is 28.2 Å². The number of carbonyl (C=O) groups excluding carboxylic acids is 1. The number of nitrogens with one attached hydrogen (secondary N) is 1. The minimum absolute atomic E-state index is 0.0465. The van der Waals surface area contributed by atoms with Gasteiger partial charge in [0.2, 0.25) is 0 Å². The molecule has 0 aromatic heterocycles. The van der Waals surface area contributed by atoms with Gasteiger partial charge in [0.1, 0.15) is 5.56 Å². The lowest BCUT2D eigenvalue weighted by Crippen LogP contribution is -2.38. The standard InChI is InChI=1S/C14H15ClN2O5/c15-9-3-6-11(12(7-9)17(21)22)13(18)16-10-4-1-8(2-5-10)14(19)20/h3,6-8,10H,1-2,4-5H2,(H,16,18)(H,19,20). The molecule has 0 bridgehead atoms. The molecule has 1 amide bonds. The van der Waals surface area contributed by atoms with Crippen molar-refractivity contribution >= 4 is 29.2 Å². The van der Waals surface area contributed by atoms with E-state index < -0.39 is 16.8 Å². The molecule has 2 N–H and O–H groups in total. The fraction of sp³-hybridized carbons (Fsp3) is 0.429.